The lowest BCUT2D eigenvalue weighted by Crippen LogP contribution is -2.25. The first-order chi connectivity index (χ1) is 8.38. The molecule has 2 nitrogen and oxygen atoms in total. The first kappa shape index (κ1) is 12.8. The molecule has 17 heavy (non-hydrogen) atoms. The van der Waals surface area contributed by atoms with Crippen molar-refractivity contribution in [1.29, 1.82) is 0 Å². The second-order valence-electron chi connectivity index (χ2n) is 4.30. The maximum atomic E-state index is 5.75. The standard InChI is InChI=1S/C14H21NOS/c1-2-17-14-7-5-13(6-8-14)16-12-11-15-9-3-4-10-15/h5-8H,2-4,9-12H2,1H3. The average molecular weight is 251 g/mol. The molecule has 1 heterocycles. The molecule has 0 unspecified atom stereocenters. The third-order valence-corrected chi connectivity index (χ3v) is 3.90. The molecule has 94 valence electrons. The molecule has 0 spiro atoms. The van der Waals surface area contributed by atoms with Gasteiger partial charge in [0.2, 0.25) is 0 Å². The normalized spacial score (nSPS) is 16.3. The van der Waals surface area contributed by atoms with Gasteiger partial charge in [0.25, 0.3) is 0 Å². The van der Waals surface area contributed by atoms with Crippen LogP contribution in [0.15, 0.2) is 29.2 Å². The van der Waals surface area contributed by atoms with E-state index in [1.54, 1.807) is 0 Å². The molecule has 1 fully saturated rings. The lowest BCUT2D eigenvalue weighted by molar-refractivity contribution is 0.237. The van der Waals surface area contributed by atoms with E-state index in [4.69, 9.17) is 4.74 Å². The van der Waals surface area contributed by atoms with Crippen molar-refractivity contribution < 1.29 is 4.74 Å². The maximum absolute atomic E-state index is 5.75. The van der Waals surface area contributed by atoms with E-state index in [-0.39, 0.29) is 0 Å². The predicted molar refractivity (Wildman–Crippen MR) is 74.0 cm³/mol. The van der Waals surface area contributed by atoms with Crippen molar-refractivity contribution >= 4 is 11.8 Å². The minimum absolute atomic E-state index is 0.806. The summed E-state index contributed by atoms with van der Waals surface area (Å²) < 4.78 is 5.75. The number of thioether (sulfide) groups is 1. The van der Waals surface area contributed by atoms with Gasteiger partial charge in [-0.3, -0.25) is 4.90 Å². The second kappa shape index (κ2) is 6.92. The van der Waals surface area contributed by atoms with Crippen molar-refractivity contribution in [2.75, 3.05) is 32.0 Å². The van der Waals surface area contributed by atoms with Gasteiger partial charge in [0.1, 0.15) is 12.4 Å². The summed E-state index contributed by atoms with van der Waals surface area (Å²) in [7, 11) is 0. The van der Waals surface area contributed by atoms with Gasteiger partial charge in [-0.15, -0.1) is 11.8 Å². The highest BCUT2D eigenvalue weighted by Crippen LogP contribution is 2.20. The van der Waals surface area contributed by atoms with Crippen LogP contribution in [0.2, 0.25) is 0 Å². The minimum Gasteiger partial charge on any atom is -0.492 e. The quantitative estimate of drug-likeness (QED) is 0.720. The summed E-state index contributed by atoms with van der Waals surface area (Å²) in [5, 5.41) is 0. The second-order valence-corrected chi connectivity index (χ2v) is 5.64. The molecule has 0 saturated carbocycles. The Bertz CT molecular complexity index is 319. The van der Waals surface area contributed by atoms with Gasteiger partial charge < -0.3 is 4.74 Å². The molecule has 0 aliphatic carbocycles. The van der Waals surface area contributed by atoms with Gasteiger partial charge in [-0.1, -0.05) is 6.92 Å². The van der Waals surface area contributed by atoms with Crippen LogP contribution in [0.4, 0.5) is 0 Å². The Kier molecular flexibility index (Phi) is 5.20. The van der Waals surface area contributed by atoms with Gasteiger partial charge >= 0.3 is 0 Å². The van der Waals surface area contributed by atoms with E-state index in [0.717, 1.165) is 24.7 Å². The molecule has 0 radical (unpaired) electrons. The SMILES string of the molecule is CCSc1ccc(OCCN2CCCC2)cc1. The van der Waals surface area contributed by atoms with Crippen LogP contribution in [0.3, 0.4) is 0 Å². The fourth-order valence-electron chi connectivity index (χ4n) is 2.10. The van der Waals surface area contributed by atoms with Gasteiger partial charge in [0.05, 0.1) is 0 Å². The van der Waals surface area contributed by atoms with E-state index in [1.165, 1.54) is 30.8 Å². The molecule has 1 aromatic carbocycles. The molecule has 0 aromatic heterocycles. The molecule has 0 bridgehead atoms. The van der Waals surface area contributed by atoms with Crippen LogP contribution in [0.25, 0.3) is 0 Å². The zero-order chi connectivity index (χ0) is 11.9. The molecular weight excluding hydrogens is 230 g/mol. The van der Waals surface area contributed by atoms with Crippen molar-refractivity contribution in [1.82, 2.24) is 4.90 Å². The van der Waals surface area contributed by atoms with E-state index in [1.807, 2.05) is 11.8 Å². The van der Waals surface area contributed by atoms with Gasteiger partial charge in [0, 0.05) is 11.4 Å². The van der Waals surface area contributed by atoms with Crippen LogP contribution in [-0.2, 0) is 0 Å². The first-order valence-corrected chi connectivity index (χ1v) is 7.45. The summed E-state index contributed by atoms with van der Waals surface area (Å²) >= 11 is 1.86. The third-order valence-electron chi connectivity index (χ3n) is 3.01. The van der Waals surface area contributed by atoms with Gasteiger partial charge in [-0.2, -0.15) is 0 Å². The van der Waals surface area contributed by atoms with Crippen molar-refractivity contribution in [3.05, 3.63) is 24.3 Å². The maximum Gasteiger partial charge on any atom is 0.119 e. The van der Waals surface area contributed by atoms with E-state index < -0.39 is 0 Å². The number of rotatable bonds is 6. The molecule has 0 N–H and O–H groups in total. The van der Waals surface area contributed by atoms with E-state index in [2.05, 4.69) is 36.1 Å². The fourth-order valence-corrected chi connectivity index (χ4v) is 2.76. The number of hydrogen-bond donors (Lipinski definition) is 0. The number of likely N-dealkylation sites (tertiary alicyclic amines) is 1. The fraction of sp³-hybridized carbons (Fsp3) is 0.571. The van der Waals surface area contributed by atoms with Crippen molar-refractivity contribution in [2.45, 2.75) is 24.7 Å². The Morgan fingerprint density at radius 3 is 2.53 bits per heavy atom. The number of benzene rings is 1. The Balaban J connectivity index is 1.70. The smallest absolute Gasteiger partial charge is 0.119 e. The Morgan fingerprint density at radius 2 is 1.88 bits per heavy atom. The summed E-state index contributed by atoms with van der Waals surface area (Å²) in [4.78, 5) is 3.79. The van der Waals surface area contributed by atoms with Gasteiger partial charge in [-0.25, -0.2) is 0 Å². The predicted octanol–water partition coefficient (Wildman–Crippen LogP) is 3.27. The molecule has 2 rings (SSSR count). The molecular formula is C14H21NOS. The molecule has 1 aliphatic rings. The molecule has 1 aliphatic heterocycles. The summed E-state index contributed by atoms with van der Waals surface area (Å²) in [6.07, 6.45) is 2.70. The Labute approximate surface area is 108 Å². The zero-order valence-corrected chi connectivity index (χ0v) is 11.3. The highest BCUT2D eigenvalue weighted by Gasteiger charge is 2.10. The summed E-state index contributed by atoms with van der Waals surface area (Å²) in [5.74, 6) is 2.11. The topological polar surface area (TPSA) is 12.5 Å². The monoisotopic (exact) mass is 251 g/mol. The Morgan fingerprint density at radius 1 is 1.18 bits per heavy atom. The van der Waals surface area contributed by atoms with E-state index in [0.29, 0.717) is 0 Å². The lowest BCUT2D eigenvalue weighted by Gasteiger charge is -2.14. The largest absolute Gasteiger partial charge is 0.492 e. The van der Waals surface area contributed by atoms with Crippen molar-refractivity contribution in [3.8, 4) is 5.75 Å². The minimum atomic E-state index is 0.806. The van der Waals surface area contributed by atoms with Gasteiger partial charge in [0.15, 0.2) is 0 Å². The zero-order valence-electron chi connectivity index (χ0n) is 10.5. The summed E-state index contributed by atoms with van der Waals surface area (Å²) in [6, 6.07) is 8.42. The van der Waals surface area contributed by atoms with Crippen LogP contribution >= 0.6 is 11.8 Å². The number of nitrogens with zero attached hydrogens (tertiary/aromatic N) is 1. The van der Waals surface area contributed by atoms with Crippen LogP contribution in [0.1, 0.15) is 19.8 Å². The third kappa shape index (κ3) is 4.25. The molecule has 0 amide bonds. The van der Waals surface area contributed by atoms with Crippen LogP contribution in [-0.4, -0.2) is 36.9 Å². The number of ether oxygens (including phenoxy) is 1. The van der Waals surface area contributed by atoms with Crippen LogP contribution in [0.5, 0.6) is 5.75 Å². The first-order valence-electron chi connectivity index (χ1n) is 6.46. The summed E-state index contributed by atoms with van der Waals surface area (Å²) in [5.41, 5.74) is 0. The molecule has 1 saturated heterocycles. The summed E-state index contributed by atoms with van der Waals surface area (Å²) in [6.45, 7) is 6.53. The molecule has 0 atom stereocenters. The highest BCUT2D eigenvalue weighted by molar-refractivity contribution is 7.99. The van der Waals surface area contributed by atoms with E-state index >= 15 is 0 Å². The van der Waals surface area contributed by atoms with Crippen LogP contribution < -0.4 is 4.74 Å². The molecule has 3 heteroatoms. The van der Waals surface area contributed by atoms with Gasteiger partial charge in [-0.05, 0) is 55.9 Å². The number of hydrogen-bond acceptors (Lipinski definition) is 3. The Hall–Kier alpha value is -0.670. The van der Waals surface area contributed by atoms with Crippen LogP contribution in [0, 0.1) is 0 Å². The highest BCUT2D eigenvalue weighted by atomic mass is 32.2. The van der Waals surface area contributed by atoms with E-state index in [9.17, 15) is 0 Å². The molecule has 1 aromatic rings. The lowest BCUT2D eigenvalue weighted by atomic mass is 10.3. The van der Waals surface area contributed by atoms with Crippen molar-refractivity contribution in [3.63, 3.8) is 0 Å². The average Bonchev–Trinajstić information content (AvgIpc) is 2.85. The van der Waals surface area contributed by atoms with Crippen molar-refractivity contribution in [2.24, 2.45) is 0 Å².